The summed E-state index contributed by atoms with van der Waals surface area (Å²) >= 11 is 6.91. The summed E-state index contributed by atoms with van der Waals surface area (Å²) in [6, 6.07) is 9.03. The van der Waals surface area contributed by atoms with E-state index in [0.29, 0.717) is 15.3 Å². The molecule has 0 saturated heterocycles. The molecule has 5 nitrogen and oxygen atoms in total. The van der Waals surface area contributed by atoms with Crippen LogP contribution in [-0.2, 0) is 0 Å². The fraction of sp³-hybridized carbons (Fsp3) is 0. The van der Waals surface area contributed by atoms with E-state index >= 15 is 0 Å². The third kappa shape index (κ3) is 3.16. The third-order valence-electron chi connectivity index (χ3n) is 3.59. The van der Waals surface area contributed by atoms with Gasteiger partial charge >= 0.3 is 0 Å². The van der Waals surface area contributed by atoms with Crippen LogP contribution in [-0.4, -0.2) is 20.7 Å². The quantitative estimate of drug-likeness (QED) is 0.553. The molecule has 0 radical (unpaired) electrons. The Labute approximate surface area is 154 Å². The van der Waals surface area contributed by atoms with Crippen molar-refractivity contribution in [3.05, 3.63) is 71.0 Å². The lowest BCUT2D eigenvalue weighted by molar-refractivity contribution is 0.102. The minimum atomic E-state index is -0.982. The molecule has 0 bridgehead atoms. The summed E-state index contributed by atoms with van der Waals surface area (Å²) in [7, 11) is 0. The van der Waals surface area contributed by atoms with Gasteiger partial charge in [0.2, 0.25) is 0 Å². The number of hydrogen-bond acceptors (Lipinski definition) is 4. The van der Waals surface area contributed by atoms with Crippen molar-refractivity contribution in [2.24, 2.45) is 0 Å². The van der Waals surface area contributed by atoms with Crippen molar-refractivity contribution < 1.29 is 13.6 Å². The largest absolute Gasteiger partial charge is 0.298 e. The Kier molecular flexibility index (Phi) is 4.14. The van der Waals surface area contributed by atoms with Crippen LogP contribution in [0.5, 0.6) is 0 Å². The molecular weight excluding hydrogens is 382 g/mol. The van der Waals surface area contributed by atoms with E-state index in [9.17, 15) is 13.6 Å². The fourth-order valence-electron chi connectivity index (χ4n) is 2.32. The summed E-state index contributed by atoms with van der Waals surface area (Å²) in [4.78, 5) is 16.4. The van der Waals surface area contributed by atoms with E-state index in [1.807, 2.05) is 0 Å². The van der Waals surface area contributed by atoms with E-state index in [1.165, 1.54) is 10.9 Å². The summed E-state index contributed by atoms with van der Waals surface area (Å²) in [5, 5.41) is 7.60. The first kappa shape index (κ1) is 16.6. The van der Waals surface area contributed by atoms with Gasteiger partial charge in [0.05, 0.1) is 27.7 Å². The van der Waals surface area contributed by atoms with Crippen LogP contribution in [0.1, 0.15) is 10.4 Å². The van der Waals surface area contributed by atoms with Crippen LogP contribution in [0.4, 0.5) is 13.9 Å². The van der Waals surface area contributed by atoms with E-state index in [1.54, 1.807) is 30.5 Å². The molecule has 2 aromatic carbocycles. The second-order valence-electron chi connectivity index (χ2n) is 5.36. The van der Waals surface area contributed by atoms with Crippen LogP contribution < -0.4 is 5.32 Å². The van der Waals surface area contributed by atoms with Gasteiger partial charge in [-0.05, 0) is 30.3 Å². The highest BCUT2D eigenvalue weighted by molar-refractivity contribution is 7.22. The second kappa shape index (κ2) is 6.47. The Hall–Kier alpha value is -2.84. The molecule has 2 aromatic heterocycles. The lowest BCUT2D eigenvalue weighted by Gasteiger charge is -2.00. The van der Waals surface area contributed by atoms with Gasteiger partial charge in [0.25, 0.3) is 5.91 Å². The second-order valence-corrected chi connectivity index (χ2v) is 6.82. The number of halogens is 3. The lowest BCUT2D eigenvalue weighted by atomic mass is 10.3. The molecular formula is C17H9ClF2N4OS. The molecule has 9 heteroatoms. The van der Waals surface area contributed by atoms with Gasteiger partial charge in [0.15, 0.2) is 16.8 Å². The van der Waals surface area contributed by atoms with Crippen LogP contribution >= 0.6 is 22.9 Å². The van der Waals surface area contributed by atoms with Gasteiger partial charge < -0.3 is 0 Å². The number of carbonyl (C=O) groups is 1. The highest BCUT2D eigenvalue weighted by atomic mass is 35.5. The van der Waals surface area contributed by atoms with Crippen LogP contribution in [0.2, 0.25) is 5.02 Å². The number of carbonyl (C=O) groups excluding carboxylic acids is 1. The van der Waals surface area contributed by atoms with Crippen molar-refractivity contribution in [2.75, 3.05) is 5.32 Å². The maximum atomic E-state index is 13.3. The third-order valence-corrected chi connectivity index (χ3v) is 4.77. The smallest absolute Gasteiger partial charge is 0.260 e. The average Bonchev–Trinajstić information content (AvgIpc) is 3.23. The van der Waals surface area contributed by atoms with E-state index in [2.05, 4.69) is 15.4 Å². The maximum absolute atomic E-state index is 13.3. The summed E-state index contributed by atoms with van der Waals surface area (Å²) in [6.45, 7) is 0. The molecule has 0 aliphatic heterocycles. The highest BCUT2D eigenvalue weighted by Gasteiger charge is 2.14. The monoisotopic (exact) mass is 390 g/mol. The number of anilines is 1. The van der Waals surface area contributed by atoms with Gasteiger partial charge in [-0.25, -0.2) is 18.4 Å². The number of nitrogens with zero attached hydrogens (tertiary/aromatic N) is 3. The van der Waals surface area contributed by atoms with Gasteiger partial charge in [-0.1, -0.05) is 22.9 Å². The van der Waals surface area contributed by atoms with Gasteiger partial charge in [-0.15, -0.1) is 0 Å². The molecule has 2 heterocycles. The summed E-state index contributed by atoms with van der Waals surface area (Å²) in [5.41, 5.74) is 1.34. The Bertz CT molecular complexity index is 1080. The van der Waals surface area contributed by atoms with E-state index < -0.39 is 17.5 Å². The topological polar surface area (TPSA) is 59.8 Å². The molecule has 130 valence electrons. The summed E-state index contributed by atoms with van der Waals surface area (Å²) in [6.07, 6.45) is 2.97. The zero-order valence-corrected chi connectivity index (χ0v) is 14.5. The predicted molar refractivity (Wildman–Crippen MR) is 96.1 cm³/mol. The zero-order valence-electron chi connectivity index (χ0n) is 12.9. The molecule has 0 spiro atoms. The van der Waals surface area contributed by atoms with E-state index in [-0.39, 0.29) is 10.6 Å². The van der Waals surface area contributed by atoms with Crippen LogP contribution in [0.15, 0.2) is 48.8 Å². The number of fused-ring (bicyclic) bond motifs is 1. The van der Waals surface area contributed by atoms with Crippen LogP contribution in [0.25, 0.3) is 15.9 Å². The standard InChI is InChI=1S/C17H9ClF2N4OS/c18-10-1-3-11(4-2-10)24-8-9(7-21-24)16(25)23-17-22-14-5-12(19)13(20)6-15(14)26-17/h1-8H,(H,22,23,25). The number of benzene rings is 2. The van der Waals surface area contributed by atoms with Crippen molar-refractivity contribution in [1.82, 2.24) is 14.8 Å². The first-order valence-electron chi connectivity index (χ1n) is 7.37. The lowest BCUT2D eigenvalue weighted by Crippen LogP contribution is -2.10. The molecule has 0 unspecified atom stereocenters. The van der Waals surface area contributed by atoms with Crippen molar-refractivity contribution in [1.29, 1.82) is 0 Å². The zero-order chi connectivity index (χ0) is 18.3. The van der Waals surface area contributed by atoms with Gasteiger partial charge in [-0.2, -0.15) is 5.10 Å². The number of nitrogens with one attached hydrogen (secondary N) is 1. The average molecular weight is 391 g/mol. The maximum Gasteiger partial charge on any atom is 0.260 e. The highest BCUT2D eigenvalue weighted by Crippen LogP contribution is 2.28. The first-order valence-corrected chi connectivity index (χ1v) is 8.56. The fourth-order valence-corrected chi connectivity index (χ4v) is 3.31. The molecule has 0 atom stereocenters. The molecule has 0 saturated carbocycles. The van der Waals surface area contributed by atoms with Crippen molar-refractivity contribution in [3.63, 3.8) is 0 Å². The molecule has 4 aromatic rings. The molecule has 1 amide bonds. The first-order chi connectivity index (χ1) is 12.5. The molecule has 0 aliphatic carbocycles. The van der Waals surface area contributed by atoms with Crippen molar-refractivity contribution in [2.45, 2.75) is 0 Å². The normalized spacial score (nSPS) is 11.0. The van der Waals surface area contributed by atoms with E-state index in [0.717, 1.165) is 29.2 Å². The Morgan fingerprint density at radius 3 is 2.65 bits per heavy atom. The van der Waals surface area contributed by atoms with Crippen LogP contribution in [0, 0.1) is 11.6 Å². The minimum Gasteiger partial charge on any atom is -0.298 e. The molecule has 4 rings (SSSR count). The number of rotatable bonds is 3. The van der Waals surface area contributed by atoms with Gasteiger partial charge in [-0.3, -0.25) is 10.1 Å². The Morgan fingerprint density at radius 1 is 1.15 bits per heavy atom. The minimum absolute atomic E-state index is 0.245. The number of thiazole rings is 1. The molecule has 0 aliphatic rings. The van der Waals surface area contributed by atoms with Crippen molar-refractivity contribution in [3.8, 4) is 5.69 Å². The molecule has 26 heavy (non-hydrogen) atoms. The summed E-state index contributed by atoms with van der Waals surface area (Å²) < 4.78 is 28.5. The number of hydrogen-bond donors (Lipinski definition) is 1. The van der Waals surface area contributed by atoms with Gasteiger partial charge in [0, 0.05) is 17.3 Å². The van der Waals surface area contributed by atoms with Crippen molar-refractivity contribution >= 4 is 44.2 Å². The molecule has 1 N–H and O–H groups in total. The SMILES string of the molecule is O=C(Nc1nc2cc(F)c(F)cc2s1)c1cnn(-c2ccc(Cl)cc2)c1. The Morgan fingerprint density at radius 2 is 1.88 bits per heavy atom. The number of amides is 1. The number of aromatic nitrogens is 3. The predicted octanol–water partition coefficient (Wildman–Crippen LogP) is 4.67. The van der Waals surface area contributed by atoms with E-state index in [4.69, 9.17) is 11.6 Å². The van der Waals surface area contributed by atoms with Crippen LogP contribution in [0.3, 0.4) is 0 Å². The van der Waals surface area contributed by atoms with Gasteiger partial charge in [0.1, 0.15) is 0 Å². The molecule has 0 fully saturated rings. The Balaban J connectivity index is 1.56. The summed E-state index contributed by atoms with van der Waals surface area (Å²) in [5.74, 6) is -2.36.